The van der Waals surface area contributed by atoms with E-state index in [0.29, 0.717) is 11.8 Å². The highest BCUT2D eigenvalue weighted by molar-refractivity contribution is 5.62. The summed E-state index contributed by atoms with van der Waals surface area (Å²) in [5, 5.41) is 13.8. The van der Waals surface area contributed by atoms with E-state index in [1.54, 1.807) is 6.07 Å². The Kier molecular flexibility index (Phi) is 4.32. The maximum absolute atomic E-state index is 13.8. The number of hydrogen-bond acceptors (Lipinski definition) is 4. The summed E-state index contributed by atoms with van der Waals surface area (Å²) >= 11 is 0. The predicted molar refractivity (Wildman–Crippen MR) is 72.8 cm³/mol. The van der Waals surface area contributed by atoms with Crippen LogP contribution in [0.2, 0.25) is 0 Å². The maximum Gasteiger partial charge on any atom is 0.305 e. The molecule has 0 radical (unpaired) electrons. The molecule has 112 valence electrons. The minimum atomic E-state index is -1.21. The van der Waals surface area contributed by atoms with Gasteiger partial charge in [-0.2, -0.15) is 4.39 Å². The number of nitrogens with one attached hydrogen (secondary N) is 1. The van der Waals surface area contributed by atoms with Crippen molar-refractivity contribution in [1.29, 1.82) is 0 Å². The molecule has 0 saturated heterocycles. The fourth-order valence-electron chi connectivity index (χ4n) is 2.00. The molecular weight excluding hydrogens is 282 g/mol. The van der Waals surface area contributed by atoms with E-state index in [1.807, 2.05) is 13.8 Å². The molecule has 1 atom stereocenters. The summed E-state index contributed by atoms with van der Waals surface area (Å²) < 4.78 is 32.6. The second kappa shape index (κ2) is 6.01. The van der Waals surface area contributed by atoms with E-state index in [4.69, 9.17) is 4.42 Å². The van der Waals surface area contributed by atoms with E-state index in [2.05, 4.69) is 5.32 Å². The molecule has 0 amide bonds. The Bertz CT molecular complexity index is 670. The summed E-state index contributed by atoms with van der Waals surface area (Å²) in [6.45, 7) is 4.53. The lowest BCUT2D eigenvalue weighted by Crippen LogP contribution is -2.16. The van der Waals surface area contributed by atoms with Crippen molar-refractivity contribution in [3.8, 4) is 11.3 Å². The predicted octanol–water partition coefficient (Wildman–Crippen LogP) is 3.80. The van der Waals surface area contributed by atoms with Gasteiger partial charge in [-0.1, -0.05) is 6.92 Å². The van der Waals surface area contributed by atoms with Crippen molar-refractivity contribution in [3.63, 3.8) is 0 Å². The molecule has 0 fully saturated rings. The van der Waals surface area contributed by atoms with Crippen LogP contribution in [0.4, 0.5) is 14.5 Å². The van der Waals surface area contributed by atoms with Gasteiger partial charge in [0, 0.05) is 12.1 Å². The first-order valence-electron chi connectivity index (χ1n) is 6.41. The number of benzene rings is 1. The van der Waals surface area contributed by atoms with Crippen molar-refractivity contribution >= 4 is 5.69 Å². The quantitative estimate of drug-likeness (QED) is 0.673. The van der Waals surface area contributed by atoms with Gasteiger partial charge >= 0.3 is 5.69 Å². The number of nitrogens with zero attached hydrogens (tertiary/aromatic N) is 1. The molecule has 0 aliphatic carbocycles. The third kappa shape index (κ3) is 3.08. The summed E-state index contributed by atoms with van der Waals surface area (Å²) in [4.78, 5) is 9.82. The SMILES string of the molecule is CCNC(C)c1ccc(-c2cc([N+](=O)[O-])c(F)cc2F)o1. The molecule has 21 heavy (non-hydrogen) atoms. The van der Waals surface area contributed by atoms with Gasteiger partial charge in [-0.15, -0.1) is 0 Å². The fraction of sp³-hybridized carbons (Fsp3) is 0.286. The highest BCUT2D eigenvalue weighted by Crippen LogP contribution is 2.31. The van der Waals surface area contributed by atoms with Crippen molar-refractivity contribution < 1.29 is 18.1 Å². The lowest BCUT2D eigenvalue weighted by atomic mass is 10.1. The van der Waals surface area contributed by atoms with Gasteiger partial charge in [0.25, 0.3) is 0 Å². The van der Waals surface area contributed by atoms with E-state index in [0.717, 1.165) is 12.6 Å². The van der Waals surface area contributed by atoms with Crippen LogP contribution in [0.1, 0.15) is 25.6 Å². The first-order valence-corrected chi connectivity index (χ1v) is 6.41. The van der Waals surface area contributed by atoms with Crippen molar-refractivity contribution in [2.24, 2.45) is 0 Å². The fourth-order valence-corrected chi connectivity index (χ4v) is 2.00. The number of nitro benzene ring substituents is 1. The largest absolute Gasteiger partial charge is 0.459 e. The van der Waals surface area contributed by atoms with Crippen LogP contribution < -0.4 is 5.32 Å². The molecule has 2 aromatic rings. The van der Waals surface area contributed by atoms with E-state index >= 15 is 0 Å². The first kappa shape index (κ1) is 15.1. The van der Waals surface area contributed by atoms with E-state index < -0.39 is 22.2 Å². The molecule has 0 bridgehead atoms. The normalized spacial score (nSPS) is 12.4. The topological polar surface area (TPSA) is 68.3 Å². The Balaban J connectivity index is 2.42. The van der Waals surface area contributed by atoms with E-state index in [-0.39, 0.29) is 17.4 Å². The standard InChI is InChI=1S/C14H14F2N2O3/c1-3-17-8(2)13-4-5-14(21-13)9-6-12(18(19)20)11(16)7-10(9)15/h4-8,17H,3H2,1-2H3. The zero-order valence-corrected chi connectivity index (χ0v) is 11.5. The molecule has 1 N–H and O–H groups in total. The van der Waals surface area contributed by atoms with Gasteiger partial charge in [-0.05, 0) is 25.6 Å². The third-order valence-corrected chi connectivity index (χ3v) is 3.06. The Morgan fingerprint density at radius 3 is 2.67 bits per heavy atom. The Labute approximate surface area is 119 Å². The molecule has 1 heterocycles. The van der Waals surface area contributed by atoms with Crippen LogP contribution in [0.25, 0.3) is 11.3 Å². The first-order chi connectivity index (χ1) is 9.93. The van der Waals surface area contributed by atoms with E-state index in [9.17, 15) is 18.9 Å². The average molecular weight is 296 g/mol. The molecule has 0 aliphatic rings. The lowest BCUT2D eigenvalue weighted by molar-refractivity contribution is -0.387. The zero-order chi connectivity index (χ0) is 15.6. The Hall–Kier alpha value is -2.28. The molecule has 1 aromatic heterocycles. The van der Waals surface area contributed by atoms with Gasteiger partial charge in [0.05, 0.1) is 16.5 Å². The smallest absolute Gasteiger partial charge is 0.305 e. The van der Waals surface area contributed by atoms with Gasteiger partial charge < -0.3 is 9.73 Å². The summed E-state index contributed by atoms with van der Waals surface area (Å²) in [7, 11) is 0. The van der Waals surface area contributed by atoms with Crippen LogP contribution in [-0.2, 0) is 0 Å². The summed E-state index contributed by atoms with van der Waals surface area (Å²) in [5.41, 5.74) is -0.929. The van der Waals surface area contributed by atoms with Crippen LogP contribution in [0, 0.1) is 21.7 Å². The molecule has 0 spiro atoms. The molecule has 1 unspecified atom stereocenters. The van der Waals surface area contributed by atoms with Crippen LogP contribution in [0.15, 0.2) is 28.7 Å². The molecule has 0 aliphatic heterocycles. The van der Waals surface area contributed by atoms with Gasteiger partial charge in [0.1, 0.15) is 17.3 Å². The van der Waals surface area contributed by atoms with Gasteiger partial charge in [0.15, 0.2) is 0 Å². The number of halogens is 2. The molecule has 5 nitrogen and oxygen atoms in total. The monoisotopic (exact) mass is 296 g/mol. The highest BCUT2D eigenvalue weighted by atomic mass is 19.1. The van der Waals surface area contributed by atoms with Crippen LogP contribution in [-0.4, -0.2) is 11.5 Å². The van der Waals surface area contributed by atoms with Crippen molar-refractivity contribution in [3.05, 3.63) is 51.8 Å². The van der Waals surface area contributed by atoms with Crippen molar-refractivity contribution in [1.82, 2.24) is 5.32 Å². The highest BCUT2D eigenvalue weighted by Gasteiger charge is 2.21. The molecule has 7 heteroatoms. The summed E-state index contributed by atoms with van der Waals surface area (Å²) in [5.74, 6) is -1.43. The molecule has 2 rings (SSSR count). The molecular formula is C14H14F2N2O3. The van der Waals surface area contributed by atoms with Crippen LogP contribution in [0.3, 0.4) is 0 Å². The number of rotatable bonds is 5. The Morgan fingerprint density at radius 1 is 1.33 bits per heavy atom. The summed E-state index contributed by atoms with van der Waals surface area (Å²) in [6.07, 6.45) is 0. The minimum absolute atomic E-state index is 0.0813. The Morgan fingerprint density at radius 2 is 2.05 bits per heavy atom. The van der Waals surface area contributed by atoms with Crippen molar-refractivity contribution in [2.75, 3.05) is 6.54 Å². The van der Waals surface area contributed by atoms with Crippen LogP contribution >= 0.6 is 0 Å². The second-order valence-corrected chi connectivity index (χ2v) is 4.52. The second-order valence-electron chi connectivity index (χ2n) is 4.52. The molecule has 0 saturated carbocycles. The lowest BCUT2D eigenvalue weighted by Gasteiger charge is -2.08. The summed E-state index contributed by atoms with van der Waals surface area (Å²) in [6, 6.07) is 4.40. The number of furan rings is 1. The van der Waals surface area contributed by atoms with Gasteiger partial charge in [0.2, 0.25) is 5.82 Å². The number of nitro groups is 1. The van der Waals surface area contributed by atoms with Gasteiger partial charge in [-0.25, -0.2) is 4.39 Å². The molecule has 1 aromatic carbocycles. The van der Waals surface area contributed by atoms with E-state index in [1.165, 1.54) is 6.07 Å². The maximum atomic E-state index is 13.8. The minimum Gasteiger partial charge on any atom is -0.459 e. The van der Waals surface area contributed by atoms with Crippen LogP contribution in [0.5, 0.6) is 0 Å². The average Bonchev–Trinajstić information content (AvgIpc) is 2.88. The number of hydrogen-bond donors (Lipinski definition) is 1. The third-order valence-electron chi connectivity index (χ3n) is 3.06. The van der Waals surface area contributed by atoms with Crippen molar-refractivity contribution in [2.45, 2.75) is 19.9 Å². The van der Waals surface area contributed by atoms with Gasteiger partial charge in [-0.3, -0.25) is 10.1 Å². The zero-order valence-electron chi connectivity index (χ0n) is 11.5.